The second kappa shape index (κ2) is 7.57. The third-order valence-electron chi connectivity index (χ3n) is 4.69. The molecule has 1 fully saturated rings. The van der Waals surface area contributed by atoms with Gasteiger partial charge in [0.25, 0.3) is 0 Å². The van der Waals surface area contributed by atoms with Crippen LogP contribution in [0.3, 0.4) is 0 Å². The third-order valence-corrected chi connectivity index (χ3v) is 4.69. The molecule has 0 saturated carbocycles. The van der Waals surface area contributed by atoms with Gasteiger partial charge in [-0.05, 0) is 13.3 Å². The van der Waals surface area contributed by atoms with Crippen molar-refractivity contribution in [3.8, 4) is 22.6 Å². The van der Waals surface area contributed by atoms with E-state index >= 15 is 0 Å². The first-order chi connectivity index (χ1) is 13.2. The van der Waals surface area contributed by atoms with Crippen molar-refractivity contribution in [1.29, 1.82) is 0 Å². The van der Waals surface area contributed by atoms with Crippen LogP contribution in [0, 0.1) is 0 Å². The molecular formula is C20H21N5O2. The van der Waals surface area contributed by atoms with Gasteiger partial charge in [0.15, 0.2) is 5.82 Å². The standard InChI is InChI=1S/C20H21N5O2/c1-2-27-20(26)25-9-8-15(13-25)19-23-12-17(24-19)16-10-21-18(22-11-16)14-6-4-3-5-7-14/h3-7,10-12,15H,2,8-9,13H2,1H3,(H,23,24)/t15-/m1/s1. The zero-order valence-corrected chi connectivity index (χ0v) is 15.1. The minimum atomic E-state index is -0.253. The van der Waals surface area contributed by atoms with Crippen molar-refractivity contribution in [3.63, 3.8) is 0 Å². The van der Waals surface area contributed by atoms with Crippen LogP contribution in [0.4, 0.5) is 4.79 Å². The lowest BCUT2D eigenvalue weighted by atomic mass is 10.1. The molecule has 3 heterocycles. The summed E-state index contributed by atoms with van der Waals surface area (Å²) in [6, 6.07) is 9.87. The van der Waals surface area contributed by atoms with Gasteiger partial charge in [-0.1, -0.05) is 30.3 Å². The number of aromatic nitrogens is 4. The molecule has 1 atom stereocenters. The topological polar surface area (TPSA) is 84.0 Å². The van der Waals surface area contributed by atoms with E-state index in [4.69, 9.17) is 4.74 Å². The van der Waals surface area contributed by atoms with E-state index in [0.717, 1.165) is 29.1 Å². The molecule has 27 heavy (non-hydrogen) atoms. The summed E-state index contributed by atoms with van der Waals surface area (Å²) in [6.45, 7) is 3.52. The largest absolute Gasteiger partial charge is 0.450 e. The van der Waals surface area contributed by atoms with Crippen LogP contribution in [0.2, 0.25) is 0 Å². The van der Waals surface area contributed by atoms with Gasteiger partial charge < -0.3 is 14.6 Å². The van der Waals surface area contributed by atoms with E-state index in [9.17, 15) is 4.79 Å². The Morgan fingerprint density at radius 1 is 1.15 bits per heavy atom. The molecule has 1 amide bonds. The van der Waals surface area contributed by atoms with E-state index in [-0.39, 0.29) is 12.0 Å². The van der Waals surface area contributed by atoms with Crippen LogP contribution in [-0.2, 0) is 4.74 Å². The summed E-state index contributed by atoms with van der Waals surface area (Å²) in [5.74, 6) is 1.76. The fourth-order valence-corrected chi connectivity index (χ4v) is 3.26. The molecule has 138 valence electrons. The second-order valence-electron chi connectivity index (χ2n) is 6.47. The highest BCUT2D eigenvalue weighted by atomic mass is 16.6. The highest BCUT2D eigenvalue weighted by Crippen LogP contribution is 2.27. The number of carbonyl (C=O) groups is 1. The molecule has 1 N–H and O–H groups in total. The van der Waals surface area contributed by atoms with Gasteiger partial charge in [0.1, 0.15) is 5.82 Å². The van der Waals surface area contributed by atoms with Gasteiger partial charge in [-0.2, -0.15) is 0 Å². The Hall–Kier alpha value is -3.22. The molecule has 1 aliphatic heterocycles. The van der Waals surface area contributed by atoms with Gasteiger partial charge in [0.05, 0.1) is 18.5 Å². The number of carbonyl (C=O) groups excluding carboxylic acids is 1. The summed E-state index contributed by atoms with van der Waals surface area (Å²) >= 11 is 0. The molecule has 7 nitrogen and oxygen atoms in total. The molecule has 4 rings (SSSR count). The van der Waals surface area contributed by atoms with E-state index in [2.05, 4.69) is 19.9 Å². The van der Waals surface area contributed by atoms with Gasteiger partial charge >= 0.3 is 6.09 Å². The Balaban J connectivity index is 1.46. The summed E-state index contributed by atoms with van der Waals surface area (Å²) < 4.78 is 5.07. The minimum absolute atomic E-state index is 0.188. The van der Waals surface area contributed by atoms with Gasteiger partial charge in [-0.3, -0.25) is 0 Å². The van der Waals surface area contributed by atoms with E-state index < -0.39 is 0 Å². The Kier molecular flexibility index (Phi) is 4.82. The Labute approximate surface area is 157 Å². The molecule has 0 aliphatic carbocycles. The van der Waals surface area contributed by atoms with Crippen LogP contribution >= 0.6 is 0 Å². The van der Waals surface area contributed by atoms with E-state index in [1.807, 2.05) is 37.3 Å². The van der Waals surface area contributed by atoms with Gasteiger partial charge in [-0.25, -0.2) is 19.7 Å². The number of nitrogens with one attached hydrogen (secondary N) is 1. The lowest BCUT2D eigenvalue weighted by Crippen LogP contribution is -2.29. The Bertz CT molecular complexity index is 908. The lowest BCUT2D eigenvalue weighted by Gasteiger charge is -2.14. The molecule has 0 spiro atoms. The molecule has 1 saturated heterocycles. The number of hydrogen-bond acceptors (Lipinski definition) is 5. The summed E-state index contributed by atoms with van der Waals surface area (Å²) in [5, 5.41) is 0. The number of imidazole rings is 1. The molecule has 2 aromatic heterocycles. The predicted octanol–water partition coefficient (Wildman–Crippen LogP) is 3.48. The number of likely N-dealkylation sites (tertiary alicyclic amines) is 1. The molecule has 3 aromatic rings. The average Bonchev–Trinajstić information content (AvgIpc) is 3.39. The molecule has 0 bridgehead atoms. The van der Waals surface area contributed by atoms with Crippen molar-refractivity contribution in [3.05, 3.63) is 54.7 Å². The fraction of sp³-hybridized carbons (Fsp3) is 0.300. The molecular weight excluding hydrogens is 342 g/mol. The van der Waals surface area contributed by atoms with Crippen molar-refractivity contribution in [2.24, 2.45) is 0 Å². The molecule has 7 heteroatoms. The molecule has 0 unspecified atom stereocenters. The highest BCUT2D eigenvalue weighted by molar-refractivity contribution is 5.68. The maximum Gasteiger partial charge on any atom is 0.409 e. The number of aromatic amines is 1. The fourth-order valence-electron chi connectivity index (χ4n) is 3.26. The number of hydrogen-bond donors (Lipinski definition) is 1. The number of nitrogens with zero attached hydrogens (tertiary/aromatic N) is 4. The van der Waals surface area contributed by atoms with Crippen molar-refractivity contribution >= 4 is 6.09 Å². The first kappa shape index (κ1) is 17.2. The van der Waals surface area contributed by atoms with Crippen molar-refractivity contribution < 1.29 is 9.53 Å². The summed E-state index contributed by atoms with van der Waals surface area (Å²) in [7, 11) is 0. The summed E-state index contributed by atoms with van der Waals surface area (Å²) in [5.41, 5.74) is 2.74. The van der Waals surface area contributed by atoms with Gasteiger partial charge in [-0.15, -0.1) is 0 Å². The predicted molar refractivity (Wildman–Crippen MR) is 101 cm³/mol. The second-order valence-corrected chi connectivity index (χ2v) is 6.47. The monoisotopic (exact) mass is 363 g/mol. The number of ether oxygens (including phenoxy) is 1. The molecule has 1 aliphatic rings. The van der Waals surface area contributed by atoms with Crippen LogP contribution in [0.5, 0.6) is 0 Å². The number of rotatable bonds is 4. The zero-order valence-electron chi connectivity index (χ0n) is 15.1. The first-order valence-electron chi connectivity index (χ1n) is 9.09. The van der Waals surface area contributed by atoms with Crippen molar-refractivity contribution in [2.45, 2.75) is 19.3 Å². The van der Waals surface area contributed by atoms with E-state index in [0.29, 0.717) is 25.5 Å². The molecule has 1 aromatic carbocycles. The molecule has 0 radical (unpaired) electrons. The first-order valence-corrected chi connectivity index (χ1v) is 9.09. The smallest absolute Gasteiger partial charge is 0.409 e. The van der Waals surface area contributed by atoms with Crippen LogP contribution in [-0.4, -0.2) is 50.6 Å². The normalized spacial score (nSPS) is 16.5. The highest BCUT2D eigenvalue weighted by Gasteiger charge is 2.29. The van der Waals surface area contributed by atoms with Gasteiger partial charge in [0, 0.05) is 42.5 Å². The maximum atomic E-state index is 11.9. The Morgan fingerprint density at radius 3 is 2.67 bits per heavy atom. The van der Waals surface area contributed by atoms with Crippen LogP contribution in [0.1, 0.15) is 25.1 Å². The SMILES string of the molecule is CCOC(=O)N1CC[C@@H](c2ncc(-c3cnc(-c4ccccc4)nc3)[nH]2)C1. The maximum absolute atomic E-state index is 11.9. The van der Waals surface area contributed by atoms with Crippen LogP contribution in [0.25, 0.3) is 22.6 Å². The van der Waals surface area contributed by atoms with E-state index in [1.54, 1.807) is 23.5 Å². The van der Waals surface area contributed by atoms with Crippen molar-refractivity contribution in [1.82, 2.24) is 24.8 Å². The van der Waals surface area contributed by atoms with Gasteiger partial charge in [0.2, 0.25) is 0 Å². The lowest BCUT2D eigenvalue weighted by molar-refractivity contribution is 0.115. The van der Waals surface area contributed by atoms with Crippen molar-refractivity contribution in [2.75, 3.05) is 19.7 Å². The third kappa shape index (κ3) is 3.67. The average molecular weight is 363 g/mol. The number of amides is 1. The van der Waals surface area contributed by atoms with Crippen LogP contribution in [0.15, 0.2) is 48.9 Å². The zero-order chi connectivity index (χ0) is 18.6. The Morgan fingerprint density at radius 2 is 1.93 bits per heavy atom. The van der Waals surface area contributed by atoms with Crippen LogP contribution < -0.4 is 0 Å². The number of H-pyrrole nitrogens is 1. The summed E-state index contributed by atoms with van der Waals surface area (Å²) in [6.07, 6.45) is 6.01. The summed E-state index contributed by atoms with van der Waals surface area (Å²) in [4.78, 5) is 30.4. The van der Waals surface area contributed by atoms with E-state index in [1.165, 1.54) is 0 Å². The number of benzene rings is 1. The quantitative estimate of drug-likeness (QED) is 0.767. The minimum Gasteiger partial charge on any atom is -0.450 e.